The van der Waals surface area contributed by atoms with Gasteiger partial charge in [-0.15, -0.1) is 11.3 Å². The zero-order valence-corrected chi connectivity index (χ0v) is 37.1. The lowest BCUT2D eigenvalue weighted by atomic mass is 9.85. The number of thiazole rings is 1. The summed E-state index contributed by atoms with van der Waals surface area (Å²) in [5, 5.41) is 21.9. The number of aryl methyl sites for hydroxylation is 1. The highest BCUT2D eigenvalue weighted by Crippen LogP contribution is 2.29. The van der Waals surface area contributed by atoms with Crippen LogP contribution >= 0.6 is 11.3 Å². The van der Waals surface area contributed by atoms with E-state index in [0.717, 1.165) is 27.4 Å². The molecule has 3 aromatic carbocycles. The van der Waals surface area contributed by atoms with Crippen molar-refractivity contribution < 1.29 is 33.8 Å². The molecule has 5 N–H and O–H groups in total. The first-order valence-electron chi connectivity index (χ1n) is 21.3. The Kier molecular flexibility index (Phi) is 14.3. The number of aliphatic hydroxyl groups is 1. The molecule has 7 rings (SSSR count). The first kappa shape index (κ1) is 45.3. The van der Waals surface area contributed by atoms with E-state index in [0.29, 0.717) is 37.4 Å². The van der Waals surface area contributed by atoms with Crippen LogP contribution in [-0.2, 0) is 25.7 Å². The summed E-state index contributed by atoms with van der Waals surface area (Å²) in [5.41, 5.74) is 5.75. The summed E-state index contributed by atoms with van der Waals surface area (Å²) in [7, 11) is 0. The van der Waals surface area contributed by atoms with Crippen molar-refractivity contribution >= 4 is 52.2 Å². The number of carbonyl (C=O) groups excluding carboxylic acids is 5. The monoisotopic (exact) mass is 887 g/mol. The molecule has 2 aliphatic rings. The van der Waals surface area contributed by atoms with Crippen LogP contribution in [0, 0.1) is 18.3 Å². The van der Waals surface area contributed by atoms with Crippen molar-refractivity contribution in [3.05, 3.63) is 114 Å². The molecular formula is C47H53N9O7S. The highest BCUT2D eigenvalue weighted by molar-refractivity contribution is 7.13. The molecule has 2 aliphatic heterocycles. The van der Waals surface area contributed by atoms with E-state index in [4.69, 9.17) is 4.74 Å². The number of ether oxygens (including phenoxy) is 1. The van der Waals surface area contributed by atoms with E-state index in [1.165, 1.54) is 17.3 Å². The minimum Gasteiger partial charge on any atom is -0.424 e. The fraction of sp³-hybridized carbons (Fsp3) is 0.362. The lowest BCUT2D eigenvalue weighted by Crippen LogP contribution is -2.58. The van der Waals surface area contributed by atoms with Crippen LogP contribution < -0.4 is 30.9 Å². The van der Waals surface area contributed by atoms with Crippen LogP contribution in [0.3, 0.4) is 0 Å². The zero-order valence-electron chi connectivity index (χ0n) is 36.2. The maximum atomic E-state index is 14.1. The van der Waals surface area contributed by atoms with E-state index >= 15 is 0 Å². The summed E-state index contributed by atoms with van der Waals surface area (Å²) in [4.78, 5) is 84.0. The van der Waals surface area contributed by atoms with Crippen molar-refractivity contribution in [2.24, 2.45) is 11.3 Å². The predicted molar refractivity (Wildman–Crippen MR) is 243 cm³/mol. The number of rotatable bonds is 14. The average molecular weight is 888 g/mol. The Hall–Kier alpha value is -6.72. The van der Waals surface area contributed by atoms with Gasteiger partial charge in [-0.3, -0.25) is 24.0 Å². The number of aromatic nitrogens is 3. The van der Waals surface area contributed by atoms with E-state index in [9.17, 15) is 29.1 Å². The lowest BCUT2D eigenvalue weighted by Gasteiger charge is -2.35. The Bertz CT molecular complexity index is 2420. The molecule has 5 aromatic rings. The number of hydrogen-bond donors (Lipinski definition) is 5. The van der Waals surface area contributed by atoms with Crippen LogP contribution in [-0.4, -0.2) is 98.9 Å². The van der Waals surface area contributed by atoms with Crippen molar-refractivity contribution in [1.29, 1.82) is 0 Å². The average Bonchev–Trinajstić information content (AvgIpc) is 3.92. The second kappa shape index (κ2) is 20.2. The summed E-state index contributed by atoms with van der Waals surface area (Å²) in [6, 6.07) is 22.6. The fourth-order valence-corrected chi connectivity index (χ4v) is 8.55. The van der Waals surface area contributed by atoms with Crippen LogP contribution in [0.5, 0.6) is 11.8 Å². The summed E-state index contributed by atoms with van der Waals surface area (Å²) < 4.78 is 5.60. The summed E-state index contributed by atoms with van der Waals surface area (Å²) >= 11 is 1.56. The van der Waals surface area contributed by atoms with Crippen molar-refractivity contribution in [2.75, 3.05) is 36.4 Å². The number of hydrogen-bond acceptors (Lipinski definition) is 12. The first-order valence-corrected chi connectivity index (χ1v) is 22.1. The molecule has 3 unspecified atom stereocenters. The third-order valence-corrected chi connectivity index (χ3v) is 12.3. The van der Waals surface area contributed by atoms with Gasteiger partial charge in [-0.2, -0.15) is 0 Å². The van der Waals surface area contributed by atoms with Crippen LogP contribution in [0.25, 0.3) is 10.4 Å². The van der Waals surface area contributed by atoms with Crippen LogP contribution in [0.15, 0.2) is 96.8 Å². The maximum absolute atomic E-state index is 14.1. The third-order valence-electron chi connectivity index (χ3n) is 11.3. The van der Waals surface area contributed by atoms with Gasteiger partial charge in [-0.1, -0.05) is 63.2 Å². The van der Waals surface area contributed by atoms with Crippen molar-refractivity contribution in [1.82, 2.24) is 35.8 Å². The molecule has 0 saturated carbocycles. The highest BCUT2D eigenvalue weighted by atomic mass is 32.1. The zero-order chi connectivity index (χ0) is 45.4. The number of likely N-dealkylation sites (tertiary alicyclic amines) is 1. The smallest absolute Gasteiger partial charge is 0.321 e. The van der Waals surface area contributed by atoms with Gasteiger partial charge in [0.15, 0.2) is 0 Å². The minimum absolute atomic E-state index is 0.0458. The molecular weight excluding hydrogens is 835 g/mol. The molecule has 2 aromatic heterocycles. The molecule has 2 saturated heterocycles. The topological polar surface area (TPSA) is 208 Å². The largest absolute Gasteiger partial charge is 0.424 e. The van der Waals surface area contributed by atoms with Gasteiger partial charge in [0, 0.05) is 62.3 Å². The van der Waals surface area contributed by atoms with Crippen molar-refractivity contribution in [2.45, 2.75) is 71.7 Å². The molecule has 334 valence electrons. The minimum atomic E-state index is -1.02. The van der Waals surface area contributed by atoms with Gasteiger partial charge in [0.2, 0.25) is 23.6 Å². The Balaban J connectivity index is 0.848. The van der Waals surface area contributed by atoms with E-state index in [1.54, 1.807) is 41.1 Å². The number of para-hydroxylation sites is 1. The number of aliphatic hydroxyl groups excluding tert-OH is 1. The number of piperidine rings is 1. The number of carbonyl (C=O) groups is 5. The standard InChI is InChI=1S/C47H53N9O7S/c1-29-40(64-28-52-29)31-12-10-30(11-13-31)23-48-44(61)38-22-36(57)27-56(38)45(62)41(47(2,3)4)54-39(58)26-49-42(59)32-18-20-55(21-19-32)35-16-14-34(15-17-35)53-43(60)33-24-50-46(51-25-33)63-37-8-6-5-7-9-37/h5-17,24-25,28,32,36,38,41,57H,18-23,26-27H2,1-4H3,(H,48,61)(H,49,59)(H,53,60)(H,54,58). The summed E-state index contributed by atoms with van der Waals surface area (Å²) in [6.45, 7) is 8.48. The Labute approximate surface area is 375 Å². The van der Waals surface area contributed by atoms with Gasteiger partial charge in [0.05, 0.1) is 34.3 Å². The van der Waals surface area contributed by atoms with E-state index < -0.39 is 41.3 Å². The number of β-amino-alcohol motifs (C(OH)–C–C–N with tert-alkyl or cyclic N) is 1. The van der Waals surface area contributed by atoms with Gasteiger partial charge in [-0.25, -0.2) is 15.0 Å². The highest BCUT2D eigenvalue weighted by Gasteiger charge is 2.44. The lowest BCUT2D eigenvalue weighted by molar-refractivity contribution is -0.144. The second-order valence-corrected chi connectivity index (χ2v) is 17.9. The molecule has 0 radical (unpaired) electrons. The number of nitrogens with one attached hydrogen (secondary N) is 4. The van der Waals surface area contributed by atoms with Crippen LogP contribution in [0.4, 0.5) is 11.4 Å². The first-order chi connectivity index (χ1) is 30.7. The quantitative estimate of drug-likeness (QED) is 0.0992. The fourth-order valence-electron chi connectivity index (χ4n) is 7.74. The Morgan fingerprint density at radius 1 is 0.875 bits per heavy atom. The Morgan fingerprint density at radius 3 is 2.20 bits per heavy atom. The molecule has 17 heteroatoms. The summed E-state index contributed by atoms with van der Waals surface area (Å²) in [6.07, 6.45) is 3.11. The molecule has 2 fully saturated rings. The molecule has 64 heavy (non-hydrogen) atoms. The molecule has 0 spiro atoms. The van der Waals surface area contributed by atoms with Gasteiger partial charge in [0.1, 0.15) is 17.8 Å². The van der Waals surface area contributed by atoms with Gasteiger partial charge in [-0.05, 0) is 72.7 Å². The molecule has 16 nitrogen and oxygen atoms in total. The second-order valence-electron chi connectivity index (χ2n) is 17.1. The van der Waals surface area contributed by atoms with Crippen LogP contribution in [0.1, 0.15) is 61.6 Å². The van der Waals surface area contributed by atoms with Gasteiger partial charge in [0.25, 0.3) is 5.91 Å². The third kappa shape index (κ3) is 11.4. The van der Waals surface area contributed by atoms with Gasteiger partial charge >= 0.3 is 6.01 Å². The molecule has 3 atom stereocenters. The van der Waals surface area contributed by atoms with Gasteiger partial charge < -0.3 is 40.9 Å². The van der Waals surface area contributed by atoms with E-state index in [2.05, 4.69) is 41.1 Å². The normalized spacial score (nSPS) is 17.0. The maximum Gasteiger partial charge on any atom is 0.321 e. The molecule has 4 heterocycles. The molecule has 5 amide bonds. The number of amides is 5. The molecule has 0 aliphatic carbocycles. The van der Waals surface area contributed by atoms with E-state index in [-0.39, 0.29) is 55.4 Å². The van der Waals surface area contributed by atoms with Crippen molar-refractivity contribution in [3.63, 3.8) is 0 Å². The van der Waals surface area contributed by atoms with Crippen molar-refractivity contribution in [3.8, 4) is 22.2 Å². The predicted octanol–water partition coefficient (Wildman–Crippen LogP) is 5.09. The summed E-state index contributed by atoms with van der Waals surface area (Å²) in [5.74, 6) is -1.74. The number of nitrogens with zero attached hydrogens (tertiary/aromatic N) is 5. The van der Waals surface area contributed by atoms with E-state index in [1.807, 2.05) is 82.3 Å². The number of anilines is 2. The SMILES string of the molecule is Cc1ncsc1-c1ccc(CNC(=O)C2CC(O)CN2C(=O)C(NC(=O)CNC(=O)C2CCN(c3ccc(NC(=O)c4cnc(Oc5ccccc5)nc4)cc3)CC2)C(C)(C)C)cc1. The molecule has 0 bridgehead atoms. The number of benzene rings is 3. The van der Waals surface area contributed by atoms with Crippen LogP contribution in [0.2, 0.25) is 0 Å². The Morgan fingerprint density at radius 2 is 1.56 bits per heavy atom.